The van der Waals surface area contributed by atoms with Crippen LogP contribution in [-0.4, -0.2) is 54.9 Å². The maximum atomic E-state index is 12.6. The van der Waals surface area contributed by atoms with E-state index in [1.165, 1.54) is 16.7 Å². The highest BCUT2D eigenvalue weighted by Gasteiger charge is 2.19. The average molecular weight is 409 g/mol. The number of fused-ring (bicyclic) bond motifs is 1. The number of carbonyl (C=O) groups excluding carboxylic acids is 1. The first kappa shape index (κ1) is 21.0. The Kier molecular flexibility index (Phi) is 7.16. The van der Waals surface area contributed by atoms with Gasteiger partial charge in [0.25, 0.3) is 5.91 Å². The van der Waals surface area contributed by atoms with E-state index in [9.17, 15) is 9.90 Å². The first-order valence-electron chi connectivity index (χ1n) is 11.1. The minimum atomic E-state index is -0.579. The lowest BCUT2D eigenvalue weighted by atomic mass is 9.92. The van der Waals surface area contributed by atoms with Gasteiger partial charge < -0.3 is 15.2 Å². The Balaban J connectivity index is 1.24. The lowest BCUT2D eigenvalue weighted by molar-refractivity contribution is 0.0665. The number of nitrogens with zero attached hydrogens (tertiary/aromatic N) is 1. The summed E-state index contributed by atoms with van der Waals surface area (Å²) < 4.78 is 5.43. The Morgan fingerprint density at radius 2 is 1.93 bits per heavy atom. The van der Waals surface area contributed by atoms with Crippen molar-refractivity contribution in [2.24, 2.45) is 5.92 Å². The molecule has 0 aromatic heterocycles. The molecule has 5 nitrogen and oxygen atoms in total. The largest absolute Gasteiger partial charge is 0.390 e. The van der Waals surface area contributed by atoms with Crippen LogP contribution in [0.2, 0.25) is 0 Å². The molecule has 0 bridgehead atoms. The van der Waals surface area contributed by atoms with Crippen molar-refractivity contribution in [2.45, 2.75) is 38.3 Å². The van der Waals surface area contributed by atoms with Crippen LogP contribution in [0.25, 0.3) is 0 Å². The molecule has 4 rings (SSSR count). The summed E-state index contributed by atoms with van der Waals surface area (Å²) in [5.74, 6) is 0.514. The predicted octanol–water partition coefficient (Wildman–Crippen LogP) is 2.80. The maximum Gasteiger partial charge on any atom is 0.251 e. The molecular weight excluding hydrogens is 376 g/mol. The van der Waals surface area contributed by atoms with Crippen molar-refractivity contribution in [3.05, 3.63) is 70.8 Å². The quantitative estimate of drug-likeness (QED) is 0.740. The van der Waals surface area contributed by atoms with E-state index in [4.69, 9.17) is 4.74 Å². The third-order valence-corrected chi connectivity index (χ3v) is 6.23. The van der Waals surface area contributed by atoms with E-state index in [2.05, 4.69) is 40.5 Å². The molecule has 5 heteroatoms. The number of β-amino-alcohol motifs (C(OH)–C–C–N with tert-alkyl or cyclic N) is 1. The fourth-order valence-corrected chi connectivity index (χ4v) is 4.51. The van der Waals surface area contributed by atoms with Crippen LogP contribution in [0.5, 0.6) is 0 Å². The van der Waals surface area contributed by atoms with E-state index in [0.29, 0.717) is 18.0 Å². The Morgan fingerprint density at radius 3 is 2.77 bits per heavy atom. The summed E-state index contributed by atoms with van der Waals surface area (Å²) in [6.07, 6.45) is 3.59. The van der Waals surface area contributed by atoms with Crippen LogP contribution in [0.1, 0.15) is 39.9 Å². The van der Waals surface area contributed by atoms with Crippen molar-refractivity contribution < 1.29 is 14.6 Å². The Hall–Kier alpha value is -2.21. The SMILES string of the molecule is O=C(NC[C@H](O)CN1CCc2ccccc2C1)c1cccc(CC2CCOCC2)c1. The van der Waals surface area contributed by atoms with Crippen molar-refractivity contribution in [1.82, 2.24) is 10.2 Å². The molecule has 2 aliphatic rings. The topological polar surface area (TPSA) is 61.8 Å². The normalized spacial score (nSPS) is 18.6. The third-order valence-electron chi connectivity index (χ3n) is 6.23. The summed E-state index contributed by atoms with van der Waals surface area (Å²) >= 11 is 0. The molecule has 1 saturated heterocycles. The molecule has 160 valence electrons. The first-order chi connectivity index (χ1) is 14.7. The maximum absolute atomic E-state index is 12.6. The van der Waals surface area contributed by atoms with Crippen molar-refractivity contribution in [1.29, 1.82) is 0 Å². The fourth-order valence-electron chi connectivity index (χ4n) is 4.51. The summed E-state index contributed by atoms with van der Waals surface area (Å²) in [4.78, 5) is 14.9. The molecule has 1 fully saturated rings. The van der Waals surface area contributed by atoms with Crippen molar-refractivity contribution >= 4 is 5.91 Å². The highest BCUT2D eigenvalue weighted by atomic mass is 16.5. The molecule has 2 N–H and O–H groups in total. The minimum absolute atomic E-state index is 0.119. The number of rotatable bonds is 7. The zero-order chi connectivity index (χ0) is 20.8. The minimum Gasteiger partial charge on any atom is -0.390 e. The van der Waals surface area contributed by atoms with Crippen LogP contribution >= 0.6 is 0 Å². The summed E-state index contributed by atoms with van der Waals surface area (Å²) in [6.45, 7) is 4.31. The van der Waals surface area contributed by atoms with Crippen LogP contribution in [0.4, 0.5) is 0 Å². The van der Waals surface area contributed by atoms with Crippen molar-refractivity contribution in [2.75, 3.05) is 32.8 Å². The number of amides is 1. The van der Waals surface area contributed by atoms with Gasteiger partial charge in [-0.05, 0) is 60.4 Å². The smallest absolute Gasteiger partial charge is 0.251 e. The molecule has 2 aliphatic heterocycles. The number of nitrogens with one attached hydrogen (secondary N) is 1. The van der Waals surface area contributed by atoms with Crippen LogP contribution in [0.3, 0.4) is 0 Å². The van der Waals surface area contributed by atoms with Gasteiger partial charge in [-0.2, -0.15) is 0 Å². The number of carbonyl (C=O) groups is 1. The van der Waals surface area contributed by atoms with Gasteiger partial charge in [0.15, 0.2) is 0 Å². The summed E-state index contributed by atoms with van der Waals surface area (Å²) in [6, 6.07) is 16.4. The molecule has 0 unspecified atom stereocenters. The first-order valence-corrected chi connectivity index (χ1v) is 11.1. The van der Waals surface area contributed by atoms with Gasteiger partial charge in [-0.1, -0.05) is 36.4 Å². The van der Waals surface area contributed by atoms with Gasteiger partial charge in [0.05, 0.1) is 6.10 Å². The van der Waals surface area contributed by atoms with Crippen molar-refractivity contribution in [3.8, 4) is 0 Å². The van der Waals surface area contributed by atoms with Gasteiger partial charge in [-0.25, -0.2) is 0 Å². The summed E-state index contributed by atoms with van der Waals surface area (Å²) in [5.41, 5.74) is 4.60. The van der Waals surface area contributed by atoms with E-state index >= 15 is 0 Å². The average Bonchev–Trinajstić information content (AvgIpc) is 2.78. The van der Waals surface area contributed by atoms with Crippen LogP contribution < -0.4 is 5.32 Å². The predicted molar refractivity (Wildman–Crippen MR) is 117 cm³/mol. The highest BCUT2D eigenvalue weighted by molar-refractivity contribution is 5.94. The molecule has 30 heavy (non-hydrogen) atoms. The summed E-state index contributed by atoms with van der Waals surface area (Å²) in [5, 5.41) is 13.4. The van der Waals surface area contributed by atoms with E-state index in [-0.39, 0.29) is 12.5 Å². The monoisotopic (exact) mass is 408 g/mol. The molecule has 1 atom stereocenters. The van der Waals surface area contributed by atoms with E-state index in [1.807, 2.05) is 18.2 Å². The number of aliphatic hydroxyl groups is 1. The van der Waals surface area contributed by atoms with Crippen LogP contribution in [0.15, 0.2) is 48.5 Å². The standard InChI is InChI=1S/C25H32N2O3/c28-24(18-27-11-8-21-5-1-2-6-23(21)17-27)16-26-25(29)22-7-3-4-20(15-22)14-19-9-12-30-13-10-19/h1-7,15,19,24,28H,8-14,16-18H2,(H,26,29)/t24-/m0/s1. The van der Waals surface area contributed by atoms with E-state index in [0.717, 1.165) is 52.0 Å². The Labute approximate surface area is 179 Å². The third kappa shape index (κ3) is 5.69. The summed E-state index contributed by atoms with van der Waals surface area (Å²) in [7, 11) is 0. The highest BCUT2D eigenvalue weighted by Crippen LogP contribution is 2.21. The number of benzene rings is 2. The molecule has 2 aromatic carbocycles. The molecule has 2 heterocycles. The van der Waals surface area contributed by atoms with Gasteiger partial charge in [0.2, 0.25) is 0 Å². The molecule has 0 aliphatic carbocycles. The molecule has 0 radical (unpaired) electrons. The zero-order valence-electron chi connectivity index (χ0n) is 17.6. The number of aliphatic hydroxyl groups excluding tert-OH is 1. The molecule has 2 aromatic rings. The van der Waals surface area contributed by atoms with Gasteiger partial charge in [0.1, 0.15) is 0 Å². The molecular formula is C25H32N2O3. The van der Waals surface area contributed by atoms with E-state index in [1.54, 1.807) is 0 Å². The van der Waals surface area contributed by atoms with Gasteiger partial charge in [-0.3, -0.25) is 9.69 Å². The fraction of sp³-hybridized carbons (Fsp3) is 0.480. The second-order valence-corrected chi connectivity index (χ2v) is 8.58. The Bertz CT molecular complexity index is 848. The lowest BCUT2D eigenvalue weighted by Crippen LogP contribution is -2.42. The number of ether oxygens (including phenoxy) is 1. The lowest BCUT2D eigenvalue weighted by Gasteiger charge is -2.30. The molecule has 1 amide bonds. The molecule has 0 spiro atoms. The number of hydrogen-bond donors (Lipinski definition) is 2. The van der Waals surface area contributed by atoms with Crippen LogP contribution in [0, 0.1) is 5.92 Å². The number of hydrogen-bond acceptors (Lipinski definition) is 4. The van der Waals surface area contributed by atoms with Crippen LogP contribution in [-0.2, 0) is 24.1 Å². The second-order valence-electron chi connectivity index (χ2n) is 8.58. The van der Waals surface area contributed by atoms with E-state index < -0.39 is 6.10 Å². The van der Waals surface area contributed by atoms with Gasteiger partial charge in [-0.15, -0.1) is 0 Å². The van der Waals surface area contributed by atoms with Crippen molar-refractivity contribution in [3.63, 3.8) is 0 Å². The second kappa shape index (κ2) is 10.2. The van der Waals surface area contributed by atoms with Gasteiger partial charge in [0, 0.05) is 45.0 Å². The van der Waals surface area contributed by atoms with Gasteiger partial charge >= 0.3 is 0 Å². The molecule has 0 saturated carbocycles. The Morgan fingerprint density at radius 1 is 1.13 bits per heavy atom. The zero-order valence-corrected chi connectivity index (χ0v) is 17.6.